The molecule has 0 radical (unpaired) electrons. The van der Waals surface area contributed by atoms with Crippen molar-refractivity contribution in [3.05, 3.63) is 0 Å². The molecule has 0 spiro atoms. The normalized spacial score (nSPS) is 21.7. The highest BCUT2D eigenvalue weighted by Gasteiger charge is 2.40. The molecule has 1 aliphatic rings. The monoisotopic (exact) mass is 250 g/mol. The Bertz CT molecular complexity index is 313. The van der Waals surface area contributed by atoms with Crippen LogP contribution in [-0.2, 0) is 4.79 Å². The van der Waals surface area contributed by atoms with Crippen LogP contribution < -0.4 is 5.32 Å². The van der Waals surface area contributed by atoms with Crippen molar-refractivity contribution < 1.29 is 4.79 Å². The number of nitrogens with one attached hydrogen (secondary N) is 1. The van der Waals surface area contributed by atoms with Gasteiger partial charge in [-0.2, -0.15) is 5.26 Å². The van der Waals surface area contributed by atoms with E-state index < -0.39 is 5.41 Å². The number of amides is 1. The number of nitrogens with zero attached hydrogens (tertiary/aromatic N) is 1. The van der Waals surface area contributed by atoms with Gasteiger partial charge in [-0.15, -0.1) is 0 Å². The maximum absolute atomic E-state index is 12.3. The van der Waals surface area contributed by atoms with Gasteiger partial charge in [0.25, 0.3) is 0 Å². The molecule has 1 aliphatic carbocycles. The van der Waals surface area contributed by atoms with Crippen LogP contribution in [0.2, 0.25) is 0 Å². The summed E-state index contributed by atoms with van der Waals surface area (Å²) in [5.41, 5.74) is -0.748. The van der Waals surface area contributed by atoms with Gasteiger partial charge in [0.1, 0.15) is 5.41 Å². The van der Waals surface area contributed by atoms with Crippen molar-refractivity contribution in [1.82, 2.24) is 5.32 Å². The Labute approximate surface area is 111 Å². The number of rotatable bonds is 5. The molecule has 3 nitrogen and oxygen atoms in total. The van der Waals surface area contributed by atoms with E-state index in [1.165, 1.54) is 0 Å². The summed E-state index contributed by atoms with van der Waals surface area (Å²) in [6.45, 7) is 6.40. The average Bonchev–Trinajstić information content (AvgIpc) is 2.39. The molecule has 2 unspecified atom stereocenters. The van der Waals surface area contributed by atoms with E-state index in [-0.39, 0.29) is 11.9 Å². The highest BCUT2D eigenvalue weighted by atomic mass is 16.2. The molecule has 102 valence electrons. The van der Waals surface area contributed by atoms with Gasteiger partial charge in [0.05, 0.1) is 6.07 Å². The second-order valence-corrected chi connectivity index (χ2v) is 5.88. The quantitative estimate of drug-likeness (QED) is 0.813. The summed E-state index contributed by atoms with van der Waals surface area (Å²) in [6, 6.07) is 2.44. The first-order valence-corrected chi connectivity index (χ1v) is 7.26. The van der Waals surface area contributed by atoms with E-state index in [1.54, 1.807) is 0 Å². The van der Waals surface area contributed by atoms with Crippen LogP contribution >= 0.6 is 0 Å². The first kappa shape index (κ1) is 15.0. The second kappa shape index (κ2) is 6.78. The van der Waals surface area contributed by atoms with Gasteiger partial charge in [-0.25, -0.2) is 0 Å². The predicted octanol–water partition coefficient (Wildman–Crippen LogP) is 3.40. The van der Waals surface area contributed by atoms with Crippen LogP contribution in [0.3, 0.4) is 0 Å². The van der Waals surface area contributed by atoms with Crippen molar-refractivity contribution in [3.8, 4) is 6.07 Å². The van der Waals surface area contributed by atoms with E-state index in [0.717, 1.165) is 44.9 Å². The van der Waals surface area contributed by atoms with Gasteiger partial charge in [0.2, 0.25) is 5.91 Å². The lowest BCUT2D eigenvalue weighted by Crippen LogP contribution is -2.45. The fraction of sp³-hybridized carbons (Fsp3) is 0.867. The summed E-state index contributed by atoms with van der Waals surface area (Å²) in [7, 11) is 0. The predicted molar refractivity (Wildman–Crippen MR) is 72.8 cm³/mol. The molecule has 0 aromatic heterocycles. The van der Waals surface area contributed by atoms with Gasteiger partial charge in [0.15, 0.2) is 0 Å². The standard InChI is InChI=1S/C15H26N2O/c1-4-12(2)10-13(3)17-14(18)15(11-16)8-6-5-7-9-15/h12-13H,4-10H2,1-3H3,(H,17,18). The number of hydrogen-bond donors (Lipinski definition) is 1. The fourth-order valence-electron chi connectivity index (χ4n) is 2.74. The third-order valence-electron chi connectivity index (χ3n) is 4.19. The molecular weight excluding hydrogens is 224 g/mol. The molecule has 1 N–H and O–H groups in total. The third-order valence-corrected chi connectivity index (χ3v) is 4.19. The SMILES string of the molecule is CCC(C)CC(C)NC(=O)C1(C#N)CCCCC1. The summed E-state index contributed by atoms with van der Waals surface area (Å²) in [6.07, 6.45) is 6.73. The van der Waals surface area contributed by atoms with Crippen LogP contribution in [0.5, 0.6) is 0 Å². The molecular formula is C15H26N2O. The lowest BCUT2D eigenvalue weighted by molar-refractivity contribution is -0.130. The van der Waals surface area contributed by atoms with Crippen LogP contribution in [0.15, 0.2) is 0 Å². The van der Waals surface area contributed by atoms with Crippen LogP contribution in [0, 0.1) is 22.7 Å². The molecule has 0 bridgehead atoms. The summed E-state index contributed by atoms with van der Waals surface area (Å²) in [5.74, 6) is 0.574. The topological polar surface area (TPSA) is 52.9 Å². The maximum atomic E-state index is 12.3. The molecule has 1 fully saturated rings. The smallest absolute Gasteiger partial charge is 0.240 e. The molecule has 18 heavy (non-hydrogen) atoms. The lowest BCUT2D eigenvalue weighted by atomic mass is 9.74. The van der Waals surface area contributed by atoms with E-state index in [0.29, 0.717) is 5.92 Å². The highest BCUT2D eigenvalue weighted by molar-refractivity contribution is 5.85. The van der Waals surface area contributed by atoms with Gasteiger partial charge in [-0.05, 0) is 32.1 Å². The van der Waals surface area contributed by atoms with Crippen molar-refractivity contribution >= 4 is 5.91 Å². The number of nitriles is 1. The zero-order valence-electron chi connectivity index (χ0n) is 12.0. The van der Waals surface area contributed by atoms with Gasteiger partial charge < -0.3 is 5.32 Å². The van der Waals surface area contributed by atoms with E-state index in [9.17, 15) is 10.1 Å². The minimum atomic E-state index is -0.748. The van der Waals surface area contributed by atoms with Crippen LogP contribution in [0.4, 0.5) is 0 Å². The van der Waals surface area contributed by atoms with E-state index >= 15 is 0 Å². The Balaban J connectivity index is 2.55. The zero-order chi connectivity index (χ0) is 13.6. The van der Waals surface area contributed by atoms with Crippen LogP contribution in [-0.4, -0.2) is 11.9 Å². The summed E-state index contributed by atoms with van der Waals surface area (Å²) in [5, 5.41) is 12.4. The van der Waals surface area contributed by atoms with Crippen molar-refractivity contribution in [1.29, 1.82) is 5.26 Å². The largest absolute Gasteiger partial charge is 0.352 e. The molecule has 3 heteroatoms. The van der Waals surface area contributed by atoms with Crippen molar-refractivity contribution in [2.24, 2.45) is 11.3 Å². The first-order valence-electron chi connectivity index (χ1n) is 7.26. The molecule has 1 saturated carbocycles. The second-order valence-electron chi connectivity index (χ2n) is 5.88. The summed E-state index contributed by atoms with van der Waals surface area (Å²) >= 11 is 0. The number of carbonyl (C=O) groups is 1. The van der Waals surface area contributed by atoms with Crippen LogP contribution in [0.1, 0.15) is 65.7 Å². The minimum absolute atomic E-state index is 0.0412. The minimum Gasteiger partial charge on any atom is -0.352 e. The molecule has 1 rings (SSSR count). The Hall–Kier alpha value is -1.04. The molecule has 0 aliphatic heterocycles. The molecule has 0 heterocycles. The molecule has 0 saturated heterocycles. The Kier molecular flexibility index (Phi) is 5.65. The fourth-order valence-corrected chi connectivity index (χ4v) is 2.74. The lowest BCUT2D eigenvalue weighted by Gasteiger charge is -2.31. The van der Waals surface area contributed by atoms with Gasteiger partial charge in [-0.3, -0.25) is 4.79 Å². The van der Waals surface area contributed by atoms with Crippen molar-refractivity contribution in [3.63, 3.8) is 0 Å². The Morgan fingerprint density at radius 1 is 1.33 bits per heavy atom. The maximum Gasteiger partial charge on any atom is 0.240 e. The number of carbonyl (C=O) groups excluding carboxylic acids is 1. The third kappa shape index (κ3) is 3.73. The summed E-state index contributed by atoms with van der Waals surface area (Å²) in [4.78, 5) is 12.3. The van der Waals surface area contributed by atoms with Crippen molar-refractivity contribution in [2.45, 2.75) is 71.8 Å². The van der Waals surface area contributed by atoms with Gasteiger partial charge in [-0.1, -0.05) is 39.5 Å². The highest BCUT2D eigenvalue weighted by Crippen LogP contribution is 2.36. The van der Waals surface area contributed by atoms with E-state index in [4.69, 9.17) is 0 Å². The van der Waals surface area contributed by atoms with Gasteiger partial charge >= 0.3 is 0 Å². The molecule has 1 amide bonds. The molecule has 2 atom stereocenters. The molecule has 0 aromatic rings. The van der Waals surface area contributed by atoms with Crippen molar-refractivity contribution in [2.75, 3.05) is 0 Å². The summed E-state index contributed by atoms with van der Waals surface area (Å²) < 4.78 is 0. The Morgan fingerprint density at radius 2 is 1.94 bits per heavy atom. The first-order chi connectivity index (χ1) is 8.54. The van der Waals surface area contributed by atoms with Gasteiger partial charge in [0, 0.05) is 6.04 Å². The number of hydrogen-bond acceptors (Lipinski definition) is 2. The molecule has 0 aromatic carbocycles. The Morgan fingerprint density at radius 3 is 2.44 bits per heavy atom. The zero-order valence-corrected chi connectivity index (χ0v) is 12.0. The van der Waals surface area contributed by atoms with E-state index in [1.807, 2.05) is 6.92 Å². The van der Waals surface area contributed by atoms with E-state index in [2.05, 4.69) is 25.2 Å². The van der Waals surface area contributed by atoms with Crippen LogP contribution in [0.25, 0.3) is 0 Å². The average molecular weight is 250 g/mol.